The van der Waals surface area contributed by atoms with Gasteiger partial charge in [-0.15, -0.1) is 0 Å². The van der Waals surface area contributed by atoms with E-state index < -0.39 is 42.1 Å². The van der Waals surface area contributed by atoms with Gasteiger partial charge in [0.25, 0.3) is 6.43 Å². The van der Waals surface area contributed by atoms with Crippen molar-refractivity contribution in [3.63, 3.8) is 0 Å². The van der Waals surface area contributed by atoms with E-state index in [-0.39, 0.29) is 41.8 Å². The van der Waals surface area contributed by atoms with Crippen molar-refractivity contribution in [1.82, 2.24) is 15.0 Å². The number of carbonyl (C=O) groups is 1. The van der Waals surface area contributed by atoms with Gasteiger partial charge in [-0.3, -0.25) is 0 Å². The van der Waals surface area contributed by atoms with Gasteiger partial charge in [0.1, 0.15) is 34.5 Å². The number of hydrogen-bond donors (Lipinski definition) is 2. The van der Waals surface area contributed by atoms with Gasteiger partial charge in [0.15, 0.2) is 17.2 Å². The normalized spacial score (nSPS) is 22.6. The molecule has 252 valence electrons. The Morgan fingerprint density at radius 3 is 2.77 bits per heavy atom. The maximum absolute atomic E-state index is 14.0. The molecule has 6 heterocycles. The number of aliphatic hydroxyl groups excluding tert-OH is 1. The van der Waals surface area contributed by atoms with Crippen LogP contribution >= 0.6 is 0 Å². The molecule has 3 aliphatic heterocycles. The maximum Gasteiger partial charge on any atom is 0.326 e. The number of aromatic nitrogens is 3. The van der Waals surface area contributed by atoms with Crippen molar-refractivity contribution in [2.75, 3.05) is 42.7 Å². The van der Waals surface area contributed by atoms with Crippen LogP contribution in [-0.4, -0.2) is 93.9 Å². The highest BCUT2D eigenvalue weighted by atomic mass is 19.3. The highest BCUT2D eigenvalue weighted by Crippen LogP contribution is 2.41. The SMILES string of the molecule is CC(O)CCC#Cc1cnc(O[C@H]2C[C@@H](C(=O)O)N(c3nc(C(F)F)nc4c3oc3ccccc34)C2)c(N2CCOC3(COC3)[C@@H]2C)c1. The number of carboxylic acid groups (broad SMARTS) is 1. The minimum absolute atomic E-state index is 0.0151. The summed E-state index contributed by atoms with van der Waals surface area (Å²) in [5, 5.41) is 20.4. The number of alkyl halides is 2. The Hall–Kier alpha value is -4.58. The molecule has 0 bridgehead atoms. The molecular formula is C34H35F2N5O7. The van der Waals surface area contributed by atoms with Crippen LogP contribution in [0.2, 0.25) is 0 Å². The monoisotopic (exact) mass is 663 g/mol. The highest BCUT2D eigenvalue weighted by molar-refractivity contribution is 6.06. The molecule has 2 N–H and O–H groups in total. The van der Waals surface area contributed by atoms with E-state index in [1.54, 1.807) is 37.4 Å². The Bertz CT molecular complexity index is 1900. The smallest absolute Gasteiger partial charge is 0.326 e. The summed E-state index contributed by atoms with van der Waals surface area (Å²) in [5.74, 6) is 4.58. The predicted octanol–water partition coefficient (Wildman–Crippen LogP) is 4.33. The number of aliphatic carboxylic acids is 1. The average molecular weight is 664 g/mol. The van der Waals surface area contributed by atoms with E-state index in [1.807, 2.05) is 6.07 Å². The van der Waals surface area contributed by atoms with Gasteiger partial charge in [0.05, 0.1) is 38.5 Å². The van der Waals surface area contributed by atoms with E-state index >= 15 is 0 Å². The predicted molar refractivity (Wildman–Crippen MR) is 170 cm³/mol. The Kier molecular flexibility index (Phi) is 8.53. The van der Waals surface area contributed by atoms with E-state index in [1.165, 1.54) is 4.90 Å². The Morgan fingerprint density at radius 2 is 2.04 bits per heavy atom. The van der Waals surface area contributed by atoms with Gasteiger partial charge in [-0.1, -0.05) is 24.0 Å². The number of hydrogen-bond acceptors (Lipinski definition) is 11. The van der Waals surface area contributed by atoms with Gasteiger partial charge < -0.3 is 38.6 Å². The number of fused-ring (bicyclic) bond motifs is 3. The summed E-state index contributed by atoms with van der Waals surface area (Å²) < 4.78 is 52.2. The zero-order valence-electron chi connectivity index (χ0n) is 26.4. The molecule has 3 fully saturated rings. The summed E-state index contributed by atoms with van der Waals surface area (Å²) >= 11 is 0. The van der Waals surface area contributed by atoms with Crippen LogP contribution in [0.15, 0.2) is 40.9 Å². The van der Waals surface area contributed by atoms with Crippen molar-refractivity contribution in [2.45, 2.75) is 69.4 Å². The molecule has 4 aromatic rings. The second-order valence-corrected chi connectivity index (χ2v) is 12.5. The number of rotatable bonds is 8. The van der Waals surface area contributed by atoms with Gasteiger partial charge in [-0.25, -0.2) is 28.5 Å². The second kappa shape index (κ2) is 12.8. The summed E-state index contributed by atoms with van der Waals surface area (Å²) in [6.07, 6.45) is -1.44. The zero-order valence-corrected chi connectivity index (χ0v) is 26.4. The number of carboxylic acids is 1. The minimum Gasteiger partial charge on any atom is -0.480 e. The summed E-state index contributed by atoms with van der Waals surface area (Å²) in [4.78, 5) is 29.0. The molecule has 7 rings (SSSR count). The first-order valence-corrected chi connectivity index (χ1v) is 15.9. The van der Waals surface area contributed by atoms with Crippen molar-refractivity contribution < 1.29 is 42.4 Å². The first-order valence-electron chi connectivity index (χ1n) is 15.9. The number of halogens is 2. The van der Waals surface area contributed by atoms with Crippen LogP contribution in [0.3, 0.4) is 0 Å². The van der Waals surface area contributed by atoms with Crippen molar-refractivity contribution in [2.24, 2.45) is 0 Å². The zero-order chi connectivity index (χ0) is 33.6. The van der Waals surface area contributed by atoms with Crippen LogP contribution in [0.1, 0.15) is 50.9 Å². The lowest BCUT2D eigenvalue weighted by atomic mass is 9.90. The lowest BCUT2D eigenvalue weighted by Gasteiger charge is -2.53. The van der Waals surface area contributed by atoms with Gasteiger partial charge in [-0.05, 0) is 38.5 Å². The van der Waals surface area contributed by atoms with E-state index in [0.29, 0.717) is 61.4 Å². The molecule has 3 aromatic heterocycles. The summed E-state index contributed by atoms with van der Waals surface area (Å²) in [6, 6.07) is 7.54. The highest BCUT2D eigenvalue weighted by Gasteiger charge is 2.50. The molecule has 1 aromatic carbocycles. The van der Waals surface area contributed by atoms with Gasteiger partial charge >= 0.3 is 5.97 Å². The molecule has 0 saturated carbocycles. The largest absolute Gasteiger partial charge is 0.480 e. The lowest BCUT2D eigenvalue weighted by molar-refractivity contribution is -0.228. The molecule has 48 heavy (non-hydrogen) atoms. The van der Waals surface area contributed by atoms with Crippen LogP contribution < -0.4 is 14.5 Å². The number of pyridine rings is 1. The van der Waals surface area contributed by atoms with Gasteiger partial charge in [-0.2, -0.15) is 0 Å². The number of nitrogens with zero attached hydrogens (tertiary/aromatic N) is 5. The van der Waals surface area contributed by atoms with Crippen LogP contribution in [0, 0.1) is 11.8 Å². The number of anilines is 2. The first kappa shape index (κ1) is 32.0. The number of ether oxygens (including phenoxy) is 3. The summed E-state index contributed by atoms with van der Waals surface area (Å²) in [6.45, 7) is 5.72. The molecule has 3 aliphatic rings. The van der Waals surface area contributed by atoms with Crippen molar-refractivity contribution in [1.29, 1.82) is 0 Å². The standard InChI is InChI=1S/C34H35F2N5O7/c1-19(42)7-3-4-8-21-13-24(40-11-12-46-34(20(40)2)17-45-18-34)32(37-15-21)47-22-14-25(33(43)44)41(16-22)31-28-27(38-30(39-31)29(35)36)23-9-5-6-10-26(23)48-28/h5-6,9-10,13,15,19-20,22,25,29,42H,3,7,11-12,14,16-18H2,1-2H3,(H,43,44)/t19?,20-,22-,25-/m0/s1. The molecule has 1 unspecified atom stereocenters. The van der Waals surface area contributed by atoms with E-state index in [2.05, 4.69) is 38.6 Å². The fraction of sp³-hybridized carbons (Fsp3) is 0.471. The minimum atomic E-state index is -2.99. The third-order valence-corrected chi connectivity index (χ3v) is 9.22. The lowest BCUT2D eigenvalue weighted by Crippen LogP contribution is -2.68. The number of morpholine rings is 1. The van der Waals surface area contributed by atoms with Gasteiger partial charge in [0.2, 0.25) is 5.88 Å². The third kappa shape index (κ3) is 5.86. The molecule has 14 heteroatoms. The first-order chi connectivity index (χ1) is 23.1. The number of benzene rings is 1. The van der Waals surface area contributed by atoms with Crippen molar-refractivity contribution in [3.05, 3.63) is 47.9 Å². The van der Waals surface area contributed by atoms with Crippen LogP contribution in [-0.2, 0) is 14.3 Å². The molecule has 1 spiro atoms. The number of furan rings is 1. The topological polar surface area (TPSA) is 144 Å². The Balaban J connectivity index is 1.23. The molecule has 3 saturated heterocycles. The summed E-state index contributed by atoms with van der Waals surface area (Å²) in [7, 11) is 0. The second-order valence-electron chi connectivity index (χ2n) is 12.5. The number of para-hydroxylation sites is 1. The van der Waals surface area contributed by atoms with Crippen LogP contribution in [0.25, 0.3) is 22.1 Å². The fourth-order valence-electron chi connectivity index (χ4n) is 6.55. The molecule has 0 aliphatic carbocycles. The van der Waals surface area contributed by atoms with Crippen LogP contribution in [0.4, 0.5) is 20.3 Å². The molecule has 12 nitrogen and oxygen atoms in total. The molecule has 0 amide bonds. The Labute approximate surface area is 274 Å². The fourth-order valence-corrected chi connectivity index (χ4v) is 6.55. The maximum atomic E-state index is 14.0. The van der Waals surface area contributed by atoms with E-state index in [9.17, 15) is 23.8 Å². The molecule has 0 radical (unpaired) electrons. The van der Waals surface area contributed by atoms with E-state index in [0.717, 1.165) is 0 Å². The van der Waals surface area contributed by atoms with E-state index in [4.69, 9.17) is 18.6 Å². The quantitative estimate of drug-likeness (QED) is 0.259. The van der Waals surface area contributed by atoms with Crippen molar-refractivity contribution >= 4 is 39.5 Å². The summed E-state index contributed by atoms with van der Waals surface area (Å²) in [5.41, 5.74) is 1.59. The van der Waals surface area contributed by atoms with Crippen LogP contribution in [0.5, 0.6) is 5.88 Å². The molecular weight excluding hydrogens is 628 g/mol. The molecule has 4 atom stereocenters. The Morgan fingerprint density at radius 1 is 1.23 bits per heavy atom. The number of aliphatic hydroxyl groups is 1. The van der Waals surface area contributed by atoms with Crippen molar-refractivity contribution in [3.8, 4) is 17.7 Å². The van der Waals surface area contributed by atoms with Gasteiger partial charge in [0, 0.05) is 36.5 Å². The third-order valence-electron chi connectivity index (χ3n) is 9.22. The average Bonchev–Trinajstić information content (AvgIpc) is 3.64.